The summed E-state index contributed by atoms with van der Waals surface area (Å²) < 4.78 is 7.18. The van der Waals surface area contributed by atoms with Crippen molar-refractivity contribution in [1.82, 2.24) is 14.8 Å². The fourth-order valence-corrected chi connectivity index (χ4v) is 3.57. The monoisotopic (exact) mass is 367 g/mol. The van der Waals surface area contributed by atoms with Crippen molar-refractivity contribution in [2.45, 2.75) is 30.8 Å². The average molecular weight is 367 g/mol. The molecule has 0 saturated heterocycles. The topological polar surface area (TPSA) is 57.0 Å². The Labute approximate surface area is 157 Å². The molecule has 0 amide bonds. The van der Waals surface area contributed by atoms with Gasteiger partial charge in [-0.1, -0.05) is 42.1 Å². The first-order valence-corrected chi connectivity index (χ1v) is 9.25. The molecule has 6 heteroatoms. The third-order valence-electron chi connectivity index (χ3n) is 4.11. The lowest BCUT2D eigenvalue weighted by atomic mass is 10.1. The number of aryl methyl sites for hydroxylation is 1. The van der Waals surface area contributed by atoms with Crippen molar-refractivity contribution in [2.24, 2.45) is 0 Å². The smallest absolute Gasteiger partial charge is 0.192 e. The van der Waals surface area contributed by atoms with E-state index in [1.54, 1.807) is 31.4 Å². The van der Waals surface area contributed by atoms with Crippen LogP contribution in [0.5, 0.6) is 5.75 Å². The second-order valence-corrected chi connectivity index (χ2v) is 7.26. The molecule has 134 valence electrons. The number of nitrogens with zero attached hydrogens (tertiary/aromatic N) is 3. The Kier molecular flexibility index (Phi) is 5.73. The maximum Gasteiger partial charge on any atom is 0.192 e. The van der Waals surface area contributed by atoms with E-state index in [1.165, 1.54) is 17.3 Å². The predicted octanol–water partition coefficient (Wildman–Crippen LogP) is 4.01. The first-order valence-electron chi connectivity index (χ1n) is 8.37. The van der Waals surface area contributed by atoms with E-state index in [0.717, 1.165) is 16.7 Å². The highest BCUT2D eigenvalue weighted by Crippen LogP contribution is 2.26. The van der Waals surface area contributed by atoms with Gasteiger partial charge >= 0.3 is 0 Å². The van der Waals surface area contributed by atoms with E-state index in [2.05, 4.69) is 22.3 Å². The third kappa shape index (κ3) is 4.14. The van der Waals surface area contributed by atoms with Crippen LogP contribution in [-0.2, 0) is 6.54 Å². The maximum atomic E-state index is 12.7. The number of rotatable bonds is 7. The number of benzene rings is 2. The van der Waals surface area contributed by atoms with Gasteiger partial charge in [0.2, 0.25) is 0 Å². The quantitative estimate of drug-likeness (QED) is 0.466. The summed E-state index contributed by atoms with van der Waals surface area (Å²) in [6.45, 7) is 4.51. The van der Waals surface area contributed by atoms with Crippen molar-refractivity contribution in [3.8, 4) is 5.75 Å². The SMILES string of the molecule is COc1ccc(C(=O)[C@H](C)Sc2nnc(C)n2Cc2ccccc2)cc1. The summed E-state index contributed by atoms with van der Waals surface area (Å²) >= 11 is 1.43. The van der Waals surface area contributed by atoms with Gasteiger partial charge in [0.1, 0.15) is 11.6 Å². The molecule has 0 aliphatic heterocycles. The van der Waals surface area contributed by atoms with Crippen LogP contribution in [0.3, 0.4) is 0 Å². The van der Waals surface area contributed by atoms with Crippen LogP contribution in [0.1, 0.15) is 28.7 Å². The van der Waals surface area contributed by atoms with Crippen LogP contribution in [0.4, 0.5) is 0 Å². The van der Waals surface area contributed by atoms with Crippen LogP contribution in [-0.4, -0.2) is 32.9 Å². The van der Waals surface area contributed by atoms with Crippen molar-refractivity contribution in [3.05, 3.63) is 71.5 Å². The molecule has 0 N–H and O–H groups in total. The lowest BCUT2D eigenvalue weighted by Crippen LogP contribution is -2.15. The van der Waals surface area contributed by atoms with Crippen LogP contribution in [0.25, 0.3) is 0 Å². The van der Waals surface area contributed by atoms with Gasteiger partial charge in [0.05, 0.1) is 18.9 Å². The minimum Gasteiger partial charge on any atom is -0.497 e. The molecule has 26 heavy (non-hydrogen) atoms. The number of carbonyl (C=O) groups excluding carboxylic acids is 1. The second kappa shape index (κ2) is 8.19. The zero-order valence-electron chi connectivity index (χ0n) is 15.0. The summed E-state index contributed by atoms with van der Waals surface area (Å²) in [5.41, 5.74) is 1.84. The van der Waals surface area contributed by atoms with E-state index in [1.807, 2.05) is 36.6 Å². The van der Waals surface area contributed by atoms with Gasteiger partial charge in [-0.15, -0.1) is 10.2 Å². The number of hydrogen-bond donors (Lipinski definition) is 0. The van der Waals surface area contributed by atoms with Crippen molar-refractivity contribution >= 4 is 17.5 Å². The highest BCUT2D eigenvalue weighted by atomic mass is 32.2. The highest BCUT2D eigenvalue weighted by Gasteiger charge is 2.20. The minimum absolute atomic E-state index is 0.0598. The largest absolute Gasteiger partial charge is 0.497 e. The van der Waals surface area contributed by atoms with Gasteiger partial charge in [0.15, 0.2) is 10.9 Å². The number of methoxy groups -OCH3 is 1. The number of hydrogen-bond acceptors (Lipinski definition) is 5. The fourth-order valence-electron chi connectivity index (χ4n) is 2.60. The molecule has 1 heterocycles. The van der Waals surface area contributed by atoms with Crippen molar-refractivity contribution < 1.29 is 9.53 Å². The van der Waals surface area contributed by atoms with Crippen molar-refractivity contribution in [3.63, 3.8) is 0 Å². The number of aromatic nitrogens is 3. The summed E-state index contributed by atoms with van der Waals surface area (Å²) in [5.74, 6) is 1.63. The van der Waals surface area contributed by atoms with Gasteiger partial charge in [0.25, 0.3) is 0 Å². The van der Waals surface area contributed by atoms with Crippen molar-refractivity contribution in [1.29, 1.82) is 0 Å². The lowest BCUT2D eigenvalue weighted by molar-refractivity contribution is 0.0994. The van der Waals surface area contributed by atoms with Crippen LogP contribution < -0.4 is 4.74 Å². The van der Waals surface area contributed by atoms with Gasteiger partial charge in [-0.2, -0.15) is 0 Å². The highest BCUT2D eigenvalue weighted by molar-refractivity contribution is 8.00. The molecule has 3 rings (SSSR count). The third-order valence-corrected chi connectivity index (χ3v) is 5.19. The normalized spacial score (nSPS) is 12.0. The Morgan fingerprint density at radius 1 is 1.12 bits per heavy atom. The molecule has 1 aromatic heterocycles. The van der Waals surface area contributed by atoms with Gasteiger partial charge < -0.3 is 9.30 Å². The van der Waals surface area contributed by atoms with Crippen LogP contribution >= 0.6 is 11.8 Å². The average Bonchev–Trinajstić information content (AvgIpc) is 3.01. The zero-order valence-corrected chi connectivity index (χ0v) is 15.9. The minimum atomic E-state index is -0.262. The summed E-state index contributed by atoms with van der Waals surface area (Å²) in [4.78, 5) is 12.7. The standard InChI is InChI=1S/C20H21N3O2S/c1-14(19(24)17-9-11-18(25-3)12-10-17)26-20-22-21-15(2)23(20)13-16-7-5-4-6-8-16/h4-12,14H,13H2,1-3H3/t14-/m0/s1. The summed E-state index contributed by atoms with van der Waals surface area (Å²) in [6, 6.07) is 17.3. The Morgan fingerprint density at radius 2 is 1.81 bits per heavy atom. The number of carbonyl (C=O) groups is 1. The molecule has 0 spiro atoms. The number of thioether (sulfide) groups is 1. The maximum absolute atomic E-state index is 12.7. The molecule has 0 fully saturated rings. The zero-order chi connectivity index (χ0) is 18.5. The van der Waals surface area contributed by atoms with E-state index < -0.39 is 0 Å². The van der Waals surface area contributed by atoms with E-state index in [0.29, 0.717) is 12.1 Å². The molecule has 2 aromatic carbocycles. The van der Waals surface area contributed by atoms with Gasteiger partial charge in [-0.3, -0.25) is 4.79 Å². The molecular weight excluding hydrogens is 346 g/mol. The molecule has 1 atom stereocenters. The first-order chi connectivity index (χ1) is 12.6. The van der Waals surface area contributed by atoms with E-state index in [4.69, 9.17) is 4.74 Å². The predicted molar refractivity (Wildman–Crippen MR) is 103 cm³/mol. The molecule has 0 radical (unpaired) electrons. The van der Waals surface area contributed by atoms with Crippen molar-refractivity contribution in [2.75, 3.05) is 7.11 Å². The van der Waals surface area contributed by atoms with Gasteiger partial charge in [-0.25, -0.2) is 0 Å². The summed E-state index contributed by atoms with van der Waals surface area (Å²) in [7, 11) is 1.61. The first kappa shape index (κ1) is 18.2. The molecule has 0 saturated carbocycles. The van der Waals surface area contributed by atoms with E-state index >= 15 is 0 Å². The second-order valence-electron chi connectivity index (χ2n) is 5.95. The molecule has 3 aromatic rings. The van der Waals surface area contributed by atoms with Gasteiger partial charge in [0, 0.05) is 5.56 Å². The molecule has 5 nitrogen and oxygen atoms in total. The summed E-state index contributed by atoms with van der Waals surface area (Å²) in [6.07, 6.45) is 0. The molecule has 0 bridgehead atoms. The molecule has 0 aliphatic carbocycles. The Balaban J connectivity index is 1.74. The molecular formula is C20H21N3O2S. The Morgan fingerprint density at radius 3 is 2.46 bits per heavy atom. The molecule has 0 aliphatic rings. The number of ether oxygens (including phenoxy) is 1. The van der Waals surface area contributed by atoms with E-state index in [-0.39, 0.29) is 11.0 Å². The van der Waals surface area contributed by atoms with Crippen LogP contribution in [0, 0.1) is 6.92 Å². The molecule has 0 unspecified atom stereocenters. The fraction of sp³-hybridized carbons (Fsp3) is 0.250. The number of ketones is 1. The number of Topliss-reactive ketones (excluding diaryl/α,β-unsaturated/α-hetero) is 1. The van der Waals surface area contributed by atoms with Gasteiger partial charge in [-0.05, 0) is 43.7 Å². The van der Waals surface area contributed by atoms with Crippen LogP contribution in [0.15, 0.2) is 59.8 Å². The van der Waals surface area contributed by atoms with E-state index in [9.17, 15) is 4.79 Å². The Bertz CT molecular complexity index is 876. The van der Waals surface area contributed by atoms with Crippen LogP contribution in [0.2, 0.25) is 0 Å². The summed E-state index contributed by atoms with van der Waals surface area (Å²) in [5, 5.41) is 8.93. The Hall–Kier alpha value is -2.60. The lowest BCUT2D eigenvalue weighted by Gasteiger charge is -2.12.